The van der Waals surface area contributed by atoms with Gasteiger partial charge in [-0.1, -0.05) is 0 Å². The normalized spacial score (nSPS) is 5.20. The van der Waals surface area contributed by atoms with Crippen LogP contribution in [-0.2, 0) is 6.15 Å². The minimum absolute atomic E-state index is 0. The van der Waals surface area contributed by atoms with Crippen LogP contribution in [0.25, 0.3) is 0 Å². The molecule has 0 spiro atoms. The first-order chi connectivity index (χ1) is 3.46. The monoisotopic (exact) mass is 562 g/mol. The van der Waals surface area contributed by atoms with Gasteiger partial charge in [-0.2, -0.15) is 0 Å². The van der Waals surface area contributed by atoms with E-state index in [4.69, 9.17) is 19.9 Å². The summed E-state index contributed by atoms with van der Waals surface area (Å²) in [6.07, 6.45) is 0. The van der Waals surface area contributed by atoms with Gasteiger partial charge in [0.25, 0.3) is 0 Å². The van der Waals surface area contributed by atoms with Crippen molar-refractivity contribution in [1.82, 2.24) is 0 Å². The molecule has 0 aliphatic rings. The Morgan fingerprint density at radius 3 is 0.800 bits per heavy atom. The summed E-state index contributed by atoms with van der Waals surface area (Å²) in [5, 5.41) is 0. The summed E-state index contributed by atoms with van der Waals surface area (Å²) < 4.78 is 51.7. The van der Waals surface area contributed by atoms with Gasteiger partial charge >= 0.3 is 155 Å². The Labute approximate surface area is 151 Å². The standard InChI is InChI=1S/Ba.6O.2Sn.Sr/q+2;;;4*-1;;;+2. The fourth-order valence-electron chi connectivity index (χ4n) is 0. The van der Waals surface area contributed by atoms with Gasteiger partial charge in [-0.05, 0) is 0 Å². The molecule has 10 heteroatoms. The third-order valence-corrected chi connectivity index (χ3v) is 0. The molecule has 0 unspecified atom stereocenters. The molecule has 48 valence electrons. The van der Waals surface area contributed by atoms with Gasteiger partial charge in [0, 0.05) is 0 Å². The molecule has 0 fully saturated rings. The van der Waals surface area contributed by atoms with Crippen molar-refractivity contribution >= 4 is 136 Å². The fourth-order valence-corrected chi connectivity index (χ4v) is 0. The zero-order chi connectivity index (χ0) is 7.15. The first-order valence-electron chi connectivity index (χ1n) is 1.22. The Bertz CT molecular complexity index is 73.7. The second kappa shape index (κ2) is 18.8. The molecular formula is BaO6Sn2Sr. The topological polar surface area (TPSA) is 126 Å². The quantitative estimate of drug-likeness (QED) is 0.273. The Hall–Kier alpha value is 4.09. The molecule has 0 aromatic rings. The summed E-state index contributed by atoms with van der Waals surface area (Å²) in [5.74, 6) is 0. The van der Waals surface area contributed by atoms with Crippen LogP contribution in [0.2, 0.25) is 0 Å². The SMILES string of the molecule is [Ba+2].[O]=[Sn]([O-])[O-].[O]=[Sn]([O-])[O-].[Sr+2]. The molecule has 0 atom stereocenters. The van der Waals surface area contributed by atoms with Crippen molar-refractivity contribution in [2.75, 3.05) is 0 Å². The Kier molecular flexibility index (Phi) is 44.6. The summed E-state index contributed by atoms with van der Waals surface area (Å²) in [4.78, 5) is 0. The van der Waals surface area contributed by atoms with Gasteiger partial charge in [-0.25, -0.2) is 0 Å². The van der Waals surface area contributed by atoms with Gasteiger partial charge in [0.05, 0.1) is 0 Å². The van der Waals surface area contributed by atoms with E-state index in [1.807, 2.05) is 0 Å². The molecule has 0 rings (SSSR count). The van der Waals surface area contributed by atoms with E-state index in [0.717, 1.165) is 0 Å². The molecule has 0 amide bonds. The zero-order valence-corrected chi connectivity index (χ0v) is 18.5. The third kappa shape index (κ3) is 88.9. The summed E-state index contributed by atoms with van der Waals surface area (Å²) >= 11 is -8.59. The maximum Gasteiger partial charge on any atom is 2.00 e. The van der Waals surface area contributed by atoms with Crippen LogP contribution in [0.1, 0.15) is 0 Å². The number of rotatable bonds is 0. The Balaban J connectivity index is -0.0000000300. The fraction of sp³-hybridized carbons (Fsp3) is 0. The second-order valence-electron chi connectivity index (χ2n) is 0.500. The molecule has 6 nitrogen and oxygen atoms in total. The van der Waals surface area contributed by atoms with E-state index >= 15 is 0 Å². The minimum atomic E-state index is -4.29. The van der Waals surface area contributed by atoms with E-state index in [1.54, 1.807) is 0 Å². The van der Waals surface area contributed by atoms with Crippen LogP contribution in [0, 0.1) is 0 Å². The molecule has 0 heterocycles. The van der Waals surface area contributed by atoms with Gasteiger partial charge in [0.2, 0.25) is 0 Å². The third-order valence-electron chi connectivity index (χ3n) is 0. The van der Waals surface area contributed by atoms with Crippen molar-refractivity contribution < 1.29 is 19.9 Å². The maximum atomic E-state index is 8.61. The number of hydrogen-bond acceptors (Lipinski definition) is 6. The van der Waals surface area contributed by atoms with Gasteiger partial charge in [0.1, 0.15) is 0 Å². The molecule has 0 saturated heterocycles. The molecule has 0 aromatic heterocycles. The molecule has 0 bridgehead atoms. The van der Waals surface area contributed by atoms with Crippen LogP contribution in [0.4, 0.5) is 0 Å². The van der Waals surface area contributed by atoms with E-state index < -0.39 is 41.1 Å². The molecule has 0 N–H and O–H groups in total. The smallest absolute Gasteiger partial charge is 2.00 e. The summed E-state index contributed by atoms with van der Waals surface area (Å²) in [5.41, 5.74) is 0. The van der Waals surface area contributed by atoms with E-state index in [-0.39, 0.29) is 94.4 Å². The predicted octanol–water partition coefficient (Wildman–Crippen LogP) is -6.52. The van der Waals surface area contributed by atoms with Gasteiger partial charge in [-0.3, -0.25) is 0 Å². The van der Waals surface area contributed by atoms with Crippen molar-refractivity contribution in [2.24, 2.45) is 0 Å². The molecule has 0 aromatic carbocycles. The van der Waals surface area contributed by atoms with E-state index in [1.165, 1.54) is 0 Å². The van der Waals surface area contributed by atoms with Crippen LogP contribution in [0.5, 0.6) is 0 Å². The van der Waals surface area contributed by atoms with Gasteiger partial charge in [0.15, 0.2) is 0 Å². The Morgan fingerprint density at radius 2 is 0.800 bits per heavy atom. The molecule has 0 saturated carbocycles. The van der Waals surface area contributed by atoms with Crippen molar-refractivity contribution in [3.8, 4) is 0 Å². The molecule has 0 aliphatic heterocycles. The summed E-state index contributed by atoms with van der Waals surface area (Å²) in [6.45, 7) is 0. The molecule has 0 radical (unpaired) electrons. The maximum absolute atomic E-state index is 8.61. The van der Waals surface area contributed by atoms with Gasteiger partial charge in [-0.15, -0.1) is 0 Å². The van der Waals surface area contributed by atoms with Crippen molar-refractivity contribution in [3.05, 3.63) is 0 Å². The van der Waals surface area contributed by atoms with Crippen molar-refractivity contribution in [1.29, 1.82) is 0 Å². The number of hydrogen-bond donors (Lipinski definition) is 0. The van der Waals surface area contributed by atoms with Crippen molar-refractivity contribution in [3.63, 3.8) is 0 Å². The van der Waals surface area contributed by atoms with E-state index in [0.29, 0.717) is 0 Å². The largest absolute Gasteiger partial charge is 2.00 e. The zero-order valence-electron chi connectivity index (χ0n) is 4.86. The van der Waals surface area contributed by atoms with Crippen LogP contribution in [0.15, 0.2) is 0 Å². The summed E-state index contributed by atoms with van der Waals surface area (Å²) in [7, 11) is 0. The first-order valence-corrected chi connectivity index (χ1v) is 8.22. The Morgan fingerprint density at radius 1 is 0.800 bits per heavy atom. The molecular weight excluding hydrogens is 558 g/mol. The summed E-state index contributed by atoms with van der Waals surface area (Å²) in [6, 6.07) is 0. The van der Waals surface area contributed by atoms with Crippen molar-refractivity contribution in [2.45, 2.75) is 0 Å². The molecule has 10 heavy (non-hydrogen) atoms. The second-order valence-corrected chi connectivity index (χ2v) is 3.35. The minimum Gasteiger partial charge on any atom is 2.00 e. The van der Waals surface area contributed by atoms with Crippen LogP contribution >= 0.6 is 0 Å². The van der Waals surface area contributed by atoms with E-state index in [9.17, 15) is 0 Å². The van der Waals surface area contributed by atoms with Crippen LogP contribution in [0.3, 0.4) is 0 Å². The van der Waals surface area contributed by atoms with E-state index in [2.05, 4.69) is 0 Å². The van der Waals surface area contributed by atoms with Crippen LogP contribution in [-0.4, -0.2) is 136 Å². The first kappa shape index (κ1) is 23.7. The van der Waals surface area contributed by atoms with Gasteiger partial charge < -0.3 is 0 Å². The average Bonchev–Trinajstić information content (AvgIpc) is 1.25. The molecule has 0 aliphatic carbocycles. The average molecular weight is 558 g/mol. The predicted molar refractivity (Wildman–Crippen MR) is 24.4 cm³/mol. The van der Waals surface area contributed by atoms with Crippen LogP contribution < -0.4 is 13.8 Å².